The molecule has 0 amide bonds. The second-order valence-electron chi connectivity index (χ2n) is 6.71. The lowest BCUT2D eigenvalue weighted by molar-refractivity contribution is -0.132. The summed E-state index contributed by atoms with van der Waals surface area (Å²) in [6.45, 7) is 8.37. The highest BCUT2D eigenvalue weighted by Gasteiger charge is 2.20. The van der Waals surface area contributed by atoms with Gasteiger partial charge in [0.1, 0.15) is 6.10 Å². The highest BCUT2D eigenvalue weighted by atomic mass is 35.5. The normalized spacial score (nSPS) is 18.1. The van der Waals surface area contributed by atoms with E-state index in [0.717, 1.165) is 30.1 Å². The van der Waals surface area contributed by atoms with Crippen LogP contribution >= 0.6 is 11.6 Å². The van der Waals surface area contributed by atoms with Crippen molar-refractivity contribution in [2.75, 3.05) is 25.6 Å². The summed E-state index contributed by atoms with van der Waals surface area (Å²) in [6.07, 6.45) is 2.48. The van der Waals surface area contributed by atoms with Gasteiger partial charge in [0.15, 0.2) is 5.78 Å². The largest absolute Gasteiger partial charge is 0.397 e. The number of halogens is 1. The Hall–Kier alpha value is -1.10. The Morgan fingerprint density at radius 3 is 2.65 bits per heavy atom. The molecule has 4 nitrogen and oxygen atoms in total. The zero-order valence-electron chi connectivity index (χ0n) is 14.3. The molecular weight excluding hydrogens is 312 g/mol. The lowest BCUT2D eigenvalue weighted by Gasteiger charge is -2.31. The summed E-state index contributed by atoms with van der Waals surface area (Å²) in [5.74, 6) is 0.829. The average molecular weight is 339 g/mol. The lowest BCUT2D eigenvalue weighted by atomic mass is 10.00. The molecule has 128 valence electrons. The maximum absolute atomic E-state index is 11.9. The zero-order chi connectivity index (χ0) is 17.0. The SMILES string of the molecule is CC(=O)[C@@H](Cc1cc(C)c(N)c(Cl)c1)OCN1CCC(C)CC1. The van der Waals surface area contributed by atoms with Gasteiger partial charge in [0.05, 0.1) is 17.4 Å². The van der Waals surface area contributed by atoms with E-state index in [9.17, 15) is 4.79 Å². The standard InChI is InChI=1S/C18H27ClN2O2/c1-12-4-6-21(7-5-12)11-23-17(14(3)22)10-15-8-13(2)18(20)16(19)9-15/h8-9,12,17H,4-7,10-11,20H2,1-3H3/t17-/m1/s1. The quantitative estimate of drug-likeness (QED) is 0.807. The van der Waals surface area contributed by atoms with E-state index in [-0.39, 0.29) is 5.78 Å². The predicted octanol–water partition coefficient (Wildman–Crippen LogP) is 3.44. The summed E-state index contributed by atoms with van der Waals surface area (Å²) in [6, 6.07) is 3.80. The van der Waals surface area contributed by atoms with Gasteiger partial charge in [0.25, 0.3) is 0 Å². The summed E-state index contributed by atoms with van der Waals surface area (Å²) < 4.78 is 5.89. The van der Waals surface area contributed by atoms with E-state index in [1.54, 1.807) is 6.92 Å². The van der Waals surface area contributed by atoms with E-state index in [2.05, 4.69) is 11.8 Å². The number of likely N-dealkylation sites (tertiary alicyclic amines) is 1. The number of hydrogen-bond donors (Lipinski definition) is 1. The van der Waals surface area contributed by atoms with E-state index in [0.29, 0.717) is 23.9 Å². The van der Waals surface area contributed by atoms with E-state index in [1.165, 1.54) is 12.8 Å². The van der Waals surface area contributed by atoms with Crippen LogP contribution in [0.4, 0.5) is 5.69 Å². The molecule has 1 heterocycles. The minimum Gasteiger partial charge on any atom is -0.397 e. The number of aryl methyl sites for hydroxylation is 1. The molecule has 1 aromatic rings. The molecule has 2 N–H and O–H groups in total. The van der Waals surface area contributed by atoms with Crippen molar-refractivity contribution in [1.82, 2.24) is 4.90 Å². The maximum Gasteiger partial charge on any atom is 0.158 e. The van der Waals surface area contributed by atoms with Crippen LogP contribution in [0.25, 0.3) is 0 Å². The molecule has 1 aromatic carbocycles. The fourth-order valence-corrected chi connectivity index (χ4v) is 3.15. The number of carbonyl (C=O) groups is 1. The molecule has 0 unspecified atom stereocenters. The van der Waals surface area contributed by atoms with Crippen LogP contribution in [0.1, 0.15) is 37.8 Å². The highest BCUT2D eigenvalue weighted by Crippen LogP contribution is 2.25. The number of hydrogen-bond acceptors (Lipinski definition) is 4. The Labute approximate surface area is 143 Å². The molecule has 0 saturated carbocycles. The topological polar surface area (TPSA) is 55.6 Å². The smallest absolute Gasteiger partial charge is 0.158 e. The number of ether oxygens (including phenoxy) is 1. The molecule has 0 aliphatic carbocycles. The van der Waals surface area contributed by atoms with Crippen LogP contribution in [-0.2, 0) is 16.0 Å². The van der Waals surface area contributed by atoms with Crippen LogP contribution in [-0.4, -0.2) is 36.6 Å². The summed E-state index contributed by atoms with van der Waals surface area (Å²) >= 11 is 6.14. The predicted molar refractivity (Wildman–Crippen MR) is 94.7 cm³/mol. The summed E-state index contributed by atoms with van der Waals surface area (Å²) in [4.78, 5) is 14.2. The molecule has 0 bridgehead atoms. The molecule has 1 saturated heterocycles. The average Bonchev–Trinajstić information content (AvgIpc) is 2.50. The molecule has 0 aromatic heterocycles. The van der Waals surface area contributed by atoms with Gasteiger partial charge in [0, 0.05) is 19.5 Å². The second-order valence-corrected chi connectivity index (χ2v) is 7.12. The minimum absolute atomic E-state index is 0.0426. The molecule has 1 aliphatic rings. The second kappa shape index (κ2) is 8.13. The number of Topliss-reactive ketones (excluding diaryl/α,β-unsaturated/α-hetero) is 1. The molecule has 1 aliphatic heterocycles. The van der Waals surface area contributed by atoms with Gasteiger partial charge in [-0.1, -0.05) is 24.6 Å². The maximum atomic E-state index is 11.9. The third-order valence-electron chi connectivity index (χ3n) is 4.61. The van der Waals surface area contributed by atoms with Gasteiger partial charge in [-0.2, -0.15) is 0 Å². The molecule has 23 heavy (non-hydrogen) atoms. The summed E-state index contributed by atoms with van der Waals surface area (Å²) in [5.41, 5.74) is 8.38. The first-order valence-electron chi connectivity index (χ1n) is 8.25. The monoisotopic (exact) mass is 338 g/mol. The number of benzene rings is 1. The molecular formula is C18H27ClN2O2. The van der Waals surface area contributed by atoms with Gasteiger partial charge in [0.2, 0.25) is 0 Å². The molecule has 0 radical (unpaired) electrons. The van der Waals surface area contributed by atoms with Crippen molar-refractivity contribution >= 4 is 23.1 Å². The van der Waals surface area contributed by atoms with Gasteiger partial charge in [-0.25, -0.2) is 0 Å². The lowest BCUT2D eigenvalue weighted by Crippen LogP contribution is -2.37. The molecule has 1 fully saturated rings. The van der Waals surface area contributed by atoms with E-state index in [4.69, 9.17) is 22.1 Å². The number of anilines is 1. The third kappa shape index (κ3) is 5.20. The van der Waals surface area contributed by atoms with Crippen LogP contribution < -0.4 is 5.73 Å². The van der Waals surface area contributed by atoms with Gasteiger partial charge in [-0.3, -0.25) is 9.69 Å². The number of piperidine rings is 1. The van der Waals surface area contributed by atoms with Crippen molar-refractivity contribution in [1.29, 1.82) is 0 Å². The first-order chi connectivity index (χ1) is 10.9. The first kappa shape index (κ1) is 18.2. The van der Waals surface area contributed by atoms with Gasteiger partial charge in [-0.15, -0.1) is 0 Å². The molecule has 0 spiro atoms. The summed E-state index contributed by atoms with van der Waals surface area (Å²) in [7, 11) is 0. The molecule has 1 atom stereocenters. The van der Waals surface area contributed by atoms with E-state index < -0.39 is 6.10 Å². The van der Waals surface area contributed by atoms with Gasteiger partial charge < -0.3 is 10.5 Å². The van der Waals surface area contributed by atoms with Crippen LogP contribution in [0.15, 0.2) is 12.1 Å². The Kier molecular flexibility index (Phi) is 6.45. The number of nitrogen functional groups attached to an aromatic ring is 1. The molecule has 2 rings (SSSR count). The Morgan fingerprint density at radius 1 is 1.43 bits per heavy atom. The van der Waals surface area contributed by atoms with Gasteiger partial charge in [-0.05, 0) is 49.8 Å². The van der Waals surface area contributed by atoms with Crippen molar-refractivity contribution in [2.45, 2.75) is 46.1 Å². The minimum atomic E-state index is -0.437. The number of carbonyl (C=O) groups excluding carboxylic acids is 1. The van der Waals surface area contributed by atoms with Crippen LogP contribution in [0.5, 0.6) is 0 Å². The third-order valence-corrected chi connectivity index (χ3v) is 4.92. The van der Waals surface area contributed by atoms with Crippen molar-refractivity contribution < 1.29 is 9.53 Å². The van der Waals surface area contributed by atoms with Crippen molar-refractivity contribution in [2.24, 2.45) is 5.92 Å². The van der Waals surface area contributed by atoms with Crippen molar-refractivity contribution in [3.05, 3.63) is 28.3 Å². The van der Waals surface area contributed by atoms with Crippen molar-refractivity contribution in [3.8, 4) is 0 Å². The Balaban J connectivity index is 1.95. The number of nitrogens with zero attached hydrogens (tertiary/aromatic N) is 1. The van der Waals surface area contributed by atoms with Crippen molar-refractivity contribution in [3.63, 3.8) is 0 Å². The Morgan fingerprint density at radius 2 is 2.09 bits per heavy atom. The summed E-state index contributed by atoms with van der Waals surface area (Å²) in [5, 5.41) is 0.535. The fourth-order valence-electron chi connectivity index (χ4n) is 2.86. The van der Waals surface area contributed by atoms with Gasteiger partial charge >= 0.3 is 0 Å². The van der Waals surface area contributed by atoms with E-state index >= 15 is 0 Å². The van der Waals surface area contributed by atoms with Crippen LogP contribution in [0.2, 0.25) is 5.02 Å². The van der Waals surface area contributed by atoms with Crippen LogP contribution in [0, 0.1) is 12.8 Å². The fraction of sp³-hybridized carbons (Fsp3) is 0.611. The van der Waals surface area contributed by atoms with Crippen LogP contribution in [0.3, 0.4) is 0 Å². The molecule has 5 heteroatoms. The Bertz CT molecular complexity index is 531. The highest BCUT2D eigenvalue weighted by molar-refractivity contribution is 6.33. The number of rotatable bonds is 6. The first-order valence-corrected chi connectivity index (χ1v) is 8.63. The zero-order valence-corrected chi connectivity index (χ0v) is 15.0. The van der Waals surface area contributed by atoms with E-state index in [1.807, 2.05) is 19.1 Å². The number of ketones is 1. The number of nitrogens with two attached hydrogens (primary N) is 1.